The van der Waals surface area contributed by atoms with Crippen molar-refractivity contribution >= 4 is 57.5 Å². The van der Waals surface area contributed by atoms with Crippen molar-refractivity contribution in [2.24, 2.45) is 0 Å². The van der Waals surface area contributed by atoms with Gasteiger partial charge >= 0.3 is 0 Å². The number of amides is 1. The molecule has 0 fully saturated rings. The van der Waals surface area contributed by atoms with Gasteiger partial charge in [-0.15, -0.1) is 22.0 Å². The summed E-state index contributed by atoms with van der Waals surface area (Å²) in [4.78, 5) is 12.9. The van der Waals surface area contributed by atoms with Crippen LogP contribution in [-0.4, -0.2) is 28.1 Å². The molecule has 1 amide bonds. The summed E-state index contributed by atoms with van der Waals surface area (Å²) in [6.45, 7) is 0. The van der Waals surface area contributed by atoms with E-state index in [4.69, 9.17) is 11.6 Å². The zero-order chi connectivity index (χ0) is 15.1. The van der Waals surface area contributed by atoms with Crippen LogP contribution >= 0.6 is 46.5 Å². The Morgan fingerprint density at radius 1 is 1.33 bits per heavy atom. The second kappa shape index (κ2) is 8.63. The van der Waals surface area contributed by atoms with Crippen LogP contribution in [0.1, 0.15) is 12.8 Å². The standard InChI is InChI=1S/C13H14ClN3OS3/c1-19-13-17-16-12(21-13)15-11(18)3-2-8-20-10-6-4-9(14)5-7-10/h4-7H,2-3,8H2,1H3,(H,15,16,18). The number of anilines is 1. The fraction of sp³-hybridized carbons (Fsp3) is 0.308. The molecule has 0 unspecified atom stereocenters. The third-order valence-electron chi connectivity index (χ3n) is 2.46. The number of halogens is 1. The minimum Gasteiger partial charge on any atom is -0.301 e. The van der Waals surface area contributed by atoms with Gasteiger partial charge in [0.05, 0.1) is 0 Å². The van der Waals surface area contributed by atoms with Gasteiger partial charge in [0.15, 0.2) is 4.34 Å². The Hall–Kier alpha value is -0.760. The molecule has 0 saturated heterocycles. The van der Waals surface area contributed by atoms with Crippen molar-refractivity contribution in [3.05, 3.63) is 29.3 Å². The summed E-state index contributed by atoms with van der Waals surface area (Å²) in [6, 6.07) is 7.71. The summed E-state index contributed by atoms with van der Waals surface area (Å²) in [5, 5.41) is 11.9. The Labute approximate surface area is 141 Å². The van der Waals surface area contributed by atoms with Crippen molar-refractivity contribution in [2.45, 2.75) is 22.1 Å². The van der Waals surface area contributed by atoms with Crippen molar-refractivity contribution in [3.8, 4) is 0 Å². The van der Waals surface area contributed by atoms with E-state index in [9.17, 15) is 4.79 Å². The predicted molar refractivity (Wildman–Crippen MR) is 91.7 cm³/mol. The largest absolute Gasteiger partial charge is 0.301 e. The van der Waals surface area contributed by atoms with Gasteiger partial charge in [0, 0.05) is 16.3 Å². The van der Waals surface area contributed by atoms with E-state index < -0.39 is 0 Å². The zero-order valence-electron chi connectivity index (χ0n) is 11.3. The van der Waals surface area contributed by atoms with Gasteiger partial charge in [-0.25, -0.2) is 0 Å². The number of benzene rings is 1. The third-order valence-corrected chi connectivity index (χ3v) is 5.62. The lowest BCUT2D eigenvalue weighted by atomic mass is 10.3. The number of thioether (sulfide) groups is 2. The van der Waals surface area contributed by atoms with Crippen LogP contribution in [0.2, 0.25) is 5.02 Å². The molecule has 0 spiro atoms. The van der Waals surface area contributed by atoms with Crippen molar-refractivity contribution in [1.29, 1.82) is 0 Å². The average Bonchev–Trinajstić information content (AvgIpc) is 2.93. The lowest BCUT2D eigenvalue weighted by Gasteiger charge is -2.02. The van der Waals surface area contributed by atoms with Gasteiger partial charge in [-0.1, -0.05) is 34.7 Å². The molecule has 0 radical (unpaired) electrons. The quantitative estimate of drug-likeness (QED) is 0.450. The molecule has 0 aliphatic carbocycles. The molecule has 21 heavy (non-hydrogen) atoms. The third kappa shape index (κ3) is 5.86. The van der Waals surface area contributed by atoms with Gasteiger partial charge in [0.1, 0.15) is 0 Å². The highest BCUT2D eigenvalue weighted by Crippen LogP contribution is 2.24. The summed E-state index contributed by atoms with van der Waals surface area (Å²) in [7, 11) is 0. The van der Waals surface area contributed by atoms with Gasteiger partial charge in [0.2, 0.25) is 11.0 Å². The summed E-state index contributed by atoms with van der Waals surface area (Å²) < 4.78 is 0.851. The van der Waals surface area contributed by atoms with E-state index in [0.717, 1.165) is 26.4 Å². The summed E-state index contributed by atoms with van der Waals surface area (Å²) in [5.41, 5.74) is 0. The molecular formula is C13H14ClN3OS3. The van der Waals surface area contributed by atoms with Crippen LogP contribution < -0.4 is 5.32 Å². The number of nitrogens with zero attached hydrogens (tertiary/aromatic N) is 2. The monoisotopic (exact) mass is 359 g/mol. The van der Waals surface area contributed by atoms with Crippen LogP contribution in [0.4, 0.5) is 5.13 Å². The summed E-state index contributed by atoms with van der Waals surface area (Å²) in [6.07, 6.45) is 3.22. The zero-order valence-corrected chi connectivity index (χ0v) is 14.5. The van der Waals surface area contributed by atoms with Gasteiger partial charge in [-0.3, -0.25) is 4.79 Å². The SMILES string of the molecule is CSc1nnc(NC(=O)CCCSc2ccc(Cl)cc2)s1. The molecule has 0 atom stereocenters. The molecule has 1 aromatic carbocycles. The van der Waals surface area contributed by atoms with Gasteiger partial charge < -0.3 is 5.32 Å². The molecular weight excluding hydrogens is 346 g/mol. The molecule has 1 heterocycles. The van der Waals surface area contributed by atoms with E-state index >= 15 is 0 Å². The summed E-state index contributed by atoms with van der Waals surface area (Å²) in [5.74, 6) is 0.872. The maximum Gasteiger partial charge on any atom is 0.226 e. The number of nitrogens with one attached hydrogen (secondary N) is 1. The number of carbonyl (C=O) groups excluding carboxylic acids is 1. The van der Waals surface area contributed by atoms with Crippen LogP contribution in [-0.2, 0) is 4.79 Å². The van der Waals surface area contributed by atoms with Crippen molar-refractivity contribution in [3.63, 3.8) is 0 Å². The second-order valence-electron chi connectivity index (χ2n) is 4.03. The van der Waals surface area contributed by atoms with Crippen molar-refractivity contribution in [1.82, 2.24) is 10.2 Å². The topological polar surface area (TPSA) is 54.9 Å². The van der Waals surface area contributed by atoms with Crippen LogP contribution in [0, 0.1) is 0 Å². The van der Waals surface area contributed by atoms with Crippen LogP contribution in [0.25, 0.3) is 0 Å². The molecule has 4 nitrogen and oxygen atoms in total. The first-order chi connectivity index (χ1) is 10.2. The summed E-state index contributed by atoms with van der Waals surface area (Å²) >= 11 is 10.5. The lowest BCUT2D eigenvalue weighted by molar-refractivity contribution is -0.116. The van der Waals surface area contributed by atoms with E-state index in [0.29, 0.717) is 11.6 Å². The molecule has 2 aromatic rings. The van der Waals surface area contributed by atoms with Crippen LogP contribution in [0.5, 0.6) is 0 Å². The molecule has 1 aromatic heterocycles. The molecule has 0 bridgehead atoms. The maximum absolute atomic E-state index is 11.8. The average molecular weight is 360 g/mol. The predicted octanol–water partition coefficient (Wildman–Crippen LogP) is 4.42. The molecule has 2 rings (SSSR count). The van der Waals surface area contributed by atoms with Gasteiger partial charge in [-0.2, -0.15) is 0 Å². The highest BCUT2D eigenvalue weighted by atomic mass is 35.5. The van der Waals surface area contributed by atoms with Crippen molar-refractivity contribution < 1.29 is 4.79 Å². The normalized spacial score (nSPS) is 10.6. The molecule has 112 valence electrons. The minimum absolute atomic E-state index is 0.0180. The van der Waals surface area contributed by atoms with E-state index in [2.05, 4.69) is 15.5 Å². The van der Waals surface area contributed by atoms with E-state index in [-0.39, 0.29) is 5.91 Å². The van der Waals surface area contributed by atoms with Gasteiger partial charge in [-0.05, 0) is 42.7 Å². The fourth-order valence-electron chi connectivity index (χ4n) is 1.48. The number of hydrogen-bond acceptors (Lipinski definition) is 6. The Balaban J connectivity index is 1.66. The number of aromatic nitrogens is 2. The van der Waals surface area contributed by atoms with E-state index in [1.165, 1.54) is 23.1 Å². The Kier molecular flexibility index (Phi) is 6.82. The first-order valence-electron chi connectivity index (χ1n) is 6.23. The first-order valence-corrected chi connectivity index (χ1v) is 9.63. The number of rotatable bonds is 7. The van der Waals surface area contributed by atoms with E-state index in [1.54, 1.807) is 11.8 Å². The van der Waals surface area contributed by atoms with Crippen LogP contribution in [0.15, 0.2) is 33.5 Å². The highest BCUT2D eigenvalue weighted by molar-refractivity contribution is 8.00. The van der Waals surface area contributed by atoms with Crippen molar-refractivity contribution in [2.75, 3.05) is 17.3 Å². The van der Waals surface area contributed by atoms with Gasteiger partial charge in [0.25, 0.3) is 0 Å². The molecule has 1 N–H and O–H groups in total. The number of hydrogen-bond donors (Lipinski definition) is 1. The van der Waals surface area contributed by atoms with Crippen LogP contribution in [0.3, 0.4) is 0 Å². The molecule has 0 saturated carbocycles. The lowest BCUT2D eigenvalue weighted by Crippen LogP contribution is -2.11. The maximum atomic E-state index is 11.8. The van der Waals surface area contributed by atoms with E-state index in [1.807, 2.05) is 30.5 Å². The second-order valence-corrected chi connectivity index (χ2v) is 7.67. The first kappa shape index (κ1) is 16.6. The Bertz CT molecular complexity index is 589. The Morgan fingerprint density at radius 2 is 2.10 bits per heavy atom. The molecule has 0 aliphatic heterocycles. The fourth-order valence-corrected chi connectivity index (χ4v) is 3.64. The molecule has 0 aliphatic rings. The molecule has 8 heteroatoms. The smallest absolute Gasteiger partial charge is 0.226 e. The highest BCUT2D eigenvalue weighted by Gasteiger charge is 2.07. The number of carbonyl (C=O) groups is 1. The minimum atomic E-state index is -0.0180. The Morgan fingerprint density at radius 3 is 2.76 bits per heavy atom.